The minimum atomic E-state index is 0.0892. The van der Waals surface area contributed by atoms with Crippen molar-refractivity contribution in [1.29, 1.82) is 0 Å². The van der Waals surface area contributed by atoms with Gasteiger partial charge in [-0.15, -0.1) is 0 Å². The van der Waals surface area contributed by atoms with Crippen LogP contribution in [0, 0.1) is 0 Å². The second kappa shape index (κ2) is 3.66. The van der Waals surface area contributed by atoms with Crippen LogP contribution in [-0.4, -0.2) is 10.9 Å². The Balaban J connectivity index is 2.40. The molecule has 2 nitrogen and oxygen atoms in total. The Morgan fingerprint density at radius 3 is 2.43 bits per heavy atom. The van der Waals surface area contributed by atoms with Crippen molar-refractivity contribution in [2.75, 3.05) is 0 Å². The first-order chi connectivity index (χ1) is 6.79. The lowest BCUT2D eigenvalue weighted by atomic mass is 10.1. The van der Waals surface area contributed by atoms with Crippen LogP contribution in [0.2, 0.25) is 0 Å². The molecule has 1 aliphatic rings. The Hall–Kier alpha value is -1.57. The van der Waals surface area contributed by atoms with E-state index in [0.717, 1.165) is 12.0 Å². The van der Waals surface area contributed by atoms with E-state index in [4.69, 9.17) is 0 Å². The molecule has 1 aliphatic carbocycles. The van der Waals surface area contributed by atoms with E-state index in [0.29, 0.717) is 18.4 Å². The number of carbonyl (C=O) groups excluding carboxylic acids is 1. The van der Waals surface area contributed by atoms with E-state index in [2.05, 4.69) is 0 Å². The summed E-state index contributed by atoms with van der Waals surface area (Å²) in [6.07, 6.45) is 2.15. The van der Waals surface area contributed by atoms with Crippen molar-refractivity contribution in [2.45, 2.75) is 19.3 Å². The first-order valence-electron chi connectivity index (χ1n) is 4.80. The Bertz CT molecular complexity index is 377. The Labute approximate surface area is 82.9 Å². The van der Waals surface area contributed by atoms with E-state index < -0.39 is 0 Å². The summed E-state index contributed by atoms with van der Waals surface area (Å²) < 4.78 is 0. The summed E-state index contributed by atoms with van der Waals surface area (Å²) in [6.45, 7) is 0. The van der Waals surface area contributed by atoms with Crippen molar-refractivity contribution in [2.24, 2.45) is 0 Å². The topological polar surface area (TPSA) is 37.3 Å². The van der Waals surface area contributed by atoms with Crippen LogP contribution >= 0.6 is 0 Å². The SMILES string of the molecule is O=C1CCC/C1=C(/O)c1ccccc1. The van der Waals surface area contributed by atoms with Crippen molar-refractivity contribution in [3.8, 4) is 0 Å². The molecule has 0 amide bonds. The average molecular weight is 188 g/mol. The average Bonchev–Trinajstić information content (AvgIpc) is 2.65. The third-order valence-electron chi connectivity index (χ3n) is 2.50. The zero-order valence-electron chi connectivity index (χ0n) is 7.86. The van der Waals surface area contributed by atoms with Crippen molar-refractivity contribution in [3.05, 3.63) is 41.5 Å². The molecule has 0 atom stereocenters. The van der Waals surface area contributed by atoms with Crippen LogP contribution < -0.4 is 0 Å². The highest BCUT2D eigenvalue weighted by molar-refractivity contribution is 6.03. The fourth-order valence-corrected chi connectivity index (χ4v) is 1.74. The van der Waals surface area contributed by atoms with E-state index in [-0.39, 0.29) is 11.5 Å². The number of ketones is 1. The predicted molar refractivity (Wildman–Crippen MR) is 54.8 cm³/mol. The van der Waals surface area contributed by atoms with Gasteiger partial charge in [0.05, 0.1) is 0 Å². The number of hydrogen-bond acceptors (Lipinski definition) is 2. The predicted octanol–water partition coefficient (Wildman–Crippen LogP) is 2.71. The third kappa shape index (κ3) is 1.55. The quantitative estimate of drug-likeness (QED) is 0.543. The molecule has 0 aliphatic heterocycles. The largest absolute Gasteiger partial charge is 0.507 e. The van der Waals surface area contributed by atoms with Crippen molar-refractivity contribution in [3.63, 3.8) is 0 Å². The number of carbonyl (C=O) groups is 1. The van der Waals surface area contributed by atoms with Crippen molar-refractivity contribution < 1.29 is 9.90 Å². The molecule has 72 valence electrons. The molecule has 0 bridgehead atoms. The number of aliphatic hydroxyl groups excluding tert-OH is 1. The molecule has 0 saturated heterocycles. The summed E-state index contributed by atoms with van der Waals surface area (Å²) in [6, 6.07) is 9.22. The lowest BCUT2D eigenvalue weighted by molar-refractivity contribution is -0.114. The molecule has 0 spiro atoms. The zero-order valence-corrected chi connectivity index (χ0v) is 7.86. The number of aliphatic hydroxyl groups is 1. The monoisotopic (exact) mass is 188 g/mol. The molecule has 1 aromatic carbocycles. The minimum Gasteiger partial charge on any atom is -0.507 e. The number of hydrogen-bond donors (Lipinski definition) is 1. The second-order valence-electron chi connectivity index (χ2n) is 3.47. The van der Waals surface area contributed by atoms with Gasteiger partial charge < -0.3 is 5.11 Å². The van der Waals surface area contributed by atoms with Crippen LogP contribution in [0.15, 0.2) is 35.9 Å². The lowest BCUT2D eigenvalue weighted by Gasteiger charge is -2.02. The summed E-state index contributed by atoms with van der Waals surface area (Å²) in [5, 5.41) is 9.85. The highest BCUT2D eigenvalue weighted by atomic mass is 16.3. The lowest BCUT2D eigenvalue weighted by Crippen LogP contribution is -1.96. The van der Waals surface area contributed by atoms with E-state index in [1.807, 2.05) is 30.3 Å². The molecule has 1 N–H and O–H groups in total. The van der Waals surface area contributed by atoms with Gasteiger partial charge in [0.15, 0.2) is 5.78 Å². The molecular weight excluding hydrogens is 176 g/mol. The highest BCUT2D eigenvalue weighted by Crippen LogP contribution is 2.27. The van der Waals surface area contributed by atoms with Gasteiger partial charge in [0.1, 0.15) is 5.76 Å². The van der Waals surface area contributed by atoms with E-state index in [1.54, 1.807) is 0 Å². The van der Waals surface area contributed by atoms with Gasteiger partial charge in [0, 0.05) is 17.6 Å². The van der Waals surface area contributed by atoms with Gasteiger partial charge in [-0.05, 0) is 12.8 Å². The third-order valence-corrected chi connectivity index (χ3v) is 2.50. The zero-order chi connectivity index (χ0) is 9.97. The van der Waals surface area contributed by atoms with Crippen LogP contribution in [0.3, 0.4) is 0 Å². The fourth-order valence-electron chi connectivity index (χ4n) is 1.74. The van der Waals surface area contributed by atoms with Crippen LogP contribution in [0.4, 0.5) is 0 Å². The number of rotatable bonds is 1. The maximum absolute atomic E-state index is 11.4. The molecule has 0 unspecified atom stereocenters. The number of allylic oxidation sites excluding steroid dienone is 1. The standard InChI is InChI=1S/C12H12O2/c13-11-8-4-7-10(11)12(14)9-5-2-1-3-6-9/h1-3,5-6,14H,4,7-8H2/b12-10-. The molecule has 14 heavy (non-hydrogen) atoms. The number of Topliss-reactive ketones (excluding diaryl/α,β-unsaturated/α-hetero) is 1. The minimum absolute atomic E-state index is 0.0892. The molecule has 0 radical (unpaired) electrons. The molecule has 2 heteroatoms. The molecule has 1 saturated carbocycles. The molecule has 1 fully saturated rings. The van der Waals surface area contributed by atoms with E-state index in [1.165, 1.54) is 0 Å². The van der Waals surface area contributed by atoms with Crippen molar-refractivity contribution in [1.82, 2.24) is 0 Å². The summed E-state index contributed by atoms with van der Waals surface area (Å²) in [7, 11) is 0. The summed E-state index contributed by atoms with van der Waals surface area (Å²) >= 11 is 0. The Morgan fingerprint density at radius 1 is 1.14 bits per heavy atom. The second-order valence-corrected chi connectivity index (χ2v) is 3.47. The molecule has 2 rings (SSSR count). The van der Waals surface area contributed by atoms with Gasteiger partial charge in [0.2, 0.25) is 0 Å². The van der Waals surface area contributed by atoms with Gasteiger partial charge in [-0.1, -0.05) is 30.3 Å². The molecule has 0 aromatic heterocycles. The maximum atomic E-state index is 11.4. The smallest absolute Gasteiger partial charge is 0.162 e. The van der Waals surface area contributed by atoms with Crippen LogP contribution in [-0.2, 0) is 4.79 Å². The maximum Gasteiger partial charge on any atom is 0.162 e. The van der Waals surface area contributed by atoms with Crippen molar-refractivity contribution >= 4 is 11.5 Å². The fraction of sp³-hybridized carbons (Fsp3) is 0.250. The Kier molecular flexibility index (Phi) is 2.35. The van der Waals surface area contributed by atoms with Gasteiger partial charge in [-0.3, -0.25) is 4.79 Å². The number of benzene rings is 1. The van der Waals surface area contributed by atoms with Crippen LogP contribution in [0.1, 0.15) is 24.8 Å². The van der Waals surface area contributed by atoms with E-state index in [9.17, 15) is 9.90 Å². The Morgan fingerprint density at radius 2 is 1.86 bits per heavy atom. The van der Waals surface area contributed by atoms with Gasteiger partial charge >= 0.3 is 0 Å². The van der Waals surface area contributed by atoms with E-state index >= 15 is 0 Å². The first-order valence-corrected chi connectivity index (χ1v) is 4.80. The van der Waals surface area contributed by atoms with Crippen LogP contribution in [0.25, 0.3) is 5.76 Å². The summed E-state index contributed by atoms with van der Waals surface area (Å²) in [5.74, 6) is 0.249. The summed E-state index contributed by atoms with van der Waals surface area (Å²) in [5.41, 5.74) is 1.33. The molecule has 0 heterocycles. The van der Waals surface area contributed by atoms with Gasteiger partial charge in [-0.25, -0.2) is 0 Å². The molecular formula is C12H12O2. The molecule has 1 aromatic rings. The normalized spacial score (nSPS) is 19.9. The van der Waals surface area contributed by atoms with Gasteiger partial charge in [-0.2, -0.15) is 0 Å². The summed E-state index contributed by atoms with van der Waals surface area (Å²) in [4.78, 5) is 11.4. The first kappa shape index (κ1) is 9.00. The van der Waals surface area contributed by atoms with Crippen LogP contribution in [0.5, 0.6) is 0 Å². The van der Waals surface area contributed by atoms with Gasteiger partial charge in [0.25, 0.3) is 0 Å². The highest BCUT2D eigenvalue weighted by Gasteiger charge is 2.21.